The number of alkyl halides is 1. The summed E-state index contributed by atoms with van der Waals surface area (Å²) in [6.07, 6.45) is 2.70. The normalized spacial score (nSPS) is 26.7. The van der Waals surface area contributed by atoms with Gasteiger partial charge in [-0.15, -0.1) is 13.2 Å². The molecule has 8 atom stereocenters. The highest BCUT2D eigenvalue weighted by molar-refractivity contribution is 9.09. The van der Waals surface area contributed by atoms with Crippen molar-refractivity contribution in [3.63, 3.8) is 0 Å². The molecule has 2 N–H and O–H groups in total. The van der Waals surface area contributed by atoms with E-state index < -0.39 is 66.1 Å². The molecule has 5 rings (SSSR count). The highest BCUT2D eigenvalue weighted by atomic mass is 79.9. The smallest absolute Gasteiger partial charge is 0.313 e. The topological polar surface area (TPSA) is 135 Å². The Bertz CT molecular complexity index is 1520. The molecule has 3 aliphatic rings. The van der Waals surface area contributed by atoms with E-state index in [1.807, 2.05) is 18.2 Å². The third kappa shape index (κ3) is 6.53. The number of methoxy groups -OCH3 is 1. The fraction of sp³-hybridized carbons (Fsp3) is 0.444. The summed E-state index contributed by atoms with van der Waals surface area (Å²) in [5, 5.41) is 13.1. The van der Waals surface area contributed by atoms with Crippen molar-refractivity contribution < 1.29 is 38.5 Å². The van der Waals surface area contributed by atoms with Gasteiger partial charge in [0.1, 0.15) is 23.5 Å². The van der Waals surface area contributed by atoms with Crippen LogP contribution >= 0.6 is 15.9 Å². The summed E-state index contributed by atoms with van der Waals surface area (Å²) >= 11 is 3.69. The lowest BCUT2D eigenvalue weighted by Crippen LogP contribution is -2.58. The van der Waals surface area contributed by atoms with Crippen LogP contribution in [0, 0.1) is 11.8 Å². The molecule has 3 saturated heterocycles. The molecular formula is C36H42BrN3O8. The van der Waals surface area contributed by atoms with Gasteiger partial charge in [0.25, 0.3) is 5.91 Å². The van der Waals surface area contributed by atoms with E-state index in [4.69, 9.17) is 14.2 Å². The first kappa shape index (κ1) is 35.3. The van der Waals surface area contributed by atoms with Gasteiger partial charge >= 0.3 is 5.97 Å². The lowest BCUT2D eigenvalue weighted by atomic mass is 9.70. The molecule has 48 heavy (non-hydrogen) atoms. The van der Waals surface area contributed by atoms with E-state index in [1.54, 1.807) is 62.6 Å². The van der Waals surface area contributed by atoms with Crippen molar-refractivity contribution in [3.8, 4) is 5.75 Å². The van der Waals surface area contributed by atoms with Crippen molar-refractivity contribution >= 4 is 45.3 Å². The molecule has 1 spiro atoms. The maximum Gasteiger partial charge on any atom is 0.313 e. The SMILES string of the molecule is C=CCCC(=O)NC[C@@H](OC(=O)[C@@H]1[C@H]2O[C@@]3(CC2Br)[C@H](C(=O)N(CC=C)c2ccc(OC)cc2)N([C@H](C)CO)C(=O)[C@@H]13)c1ccccc1. The molecule has 0 aliphatic carbocycles. The maximum absolute atomic E-state index is 14.7. The van der Waals surface area contributed by atoms with Gasteiger partial charge in [-0.3, -0.25) is 19.2 Å². The van der Waals surface area contributed by atoms with Crippen LogP contribution in [-0.2, 0) is 28.7 Å². The van der Waals surface area contributed by atoms with Crippen molar-refractivity contribution in [2.24, 2.45) is 11.8 Å². The molecule has 1 unspecified atom stereocenters. The summed E-state index contributed by atoms with van der Waals surface area (Å²) in [6, 6.07) is 14.1. The average Bonchev–Trinajstić information content (AvgIpc) is 3.70. The van der Waals surface area contributed by atoms with E-state index in [0.717, 1.165) is 0 Å². The Balaban J connectivity index is 1.48. The minimum Gasteiger partial charge on any atom is -0.497 e. The number of rotatable bonds is 15. The van der Waals surface area contributed by atoms with Gasteiger partial charge in [0.2, 0.25) is 11.8 Å². The van der Waals surface area contributed by atoms with Crippen molar-refractivity contribution in [3.05, 3.63) is 85.5 Å². The first-order valence-corrected chi connectivity index (χ1v) is 17.0. The lowest BCUT2D eigenvalue weighted by Gasteiger charge is -2.38. The number of esters is 1. The maximum atomic E-state index is 14.7. The van der Waals surface area contributed by atoms with Crippen LogP contribution in [0.1, 0.15) is 37.9 Å². The summed E-state index contributed by atoms with van der Waals surface area (Å²) in [4.78, 5) is 58.3. The number of nitrogens with one attached hydrogen (secondary N) is 1. The zero-order valence-corrected chi connectivity index (χ0v) is 28.7. The number of amides is 3. The standard InChI is InChI=1S/C36H42BrN3O8/c1-5-7-13-28(42)38-20-27(23-11-9-8-10-12-23)47-35(45)29-30-33(43)40(22(3)21-41)32(36(30)19-26(37)31(29)48-36)34(44)39(18-6-2)24-14-16-25(46-4)17-15-24/h5-6,8-12,14-17,22,26-27,29-32,41H,1-2,7,13,18-21H2,3-4H3,(H,38,42)/t22-,26?,27-,29+,30-,31+,32+,36-/m1/s1. The summed E-state index contributed by atoms with van der Waals surface area (Å²) in [5.41, 5.74) is -0.137. The Kier molecular flexibility index (Phi) is 11.1. The molecule has 0 saturated carbocycles. The number of carbonyl (C=O) groups is 4. The molecule has 2 aromatic carbocycles. The van der Waals surface area contributed by atoms with Crippen molar-refractivity contribution in [1.82, 2.24) is 10.2 Å². The molecule has 0 aromatic heterocycles. The second kappa shape index (κ2) is 15.0. The van der Waals surface area contributed by atoms with Crippen LogP contribution < -0.4 is 15.0 Å². The Morgan fingerprint density at radius 3 is 2.50 bits per heavy atom. The van der Waals surface area contributed by atoms with Crippen LogP contribution in [0.2, 0.25) is 0 Å². The predicted octanol–water partition coefficient (Wildman–Crippen LogP) is 3.71. The minimum absolute atomic E-state index is 0.0264. The van der Waals surface area contributed by atoms with Gasteiger partial charge in [0.15, 0.2) is 0 Å². The summed E-state index contributed by atoms with van der Waals surface area (Å²) in [6.45, 7) is 8.91. The van der Waals surface area contributed by atoms with Crippen LogP contribution in [0.15, 0.2) is 79.9 Å². The molecular weight excluding hydrogens is 682 g/mol. The van der Waals surface area contributed by atoms with Crippen LogP contribution in [0.3, 0.4) is 0 Å². The van der Waals surface area contributed by atoms with Crippen LogP contribution in [0.5, 0.6) is 5.75 Å². The zero-order valence-electron chi connectivity index (χ0n) is 27.1. The fourth-order valence-electron chi connectivity index (χ4n) is 7.18. The summed E-state index contributed by atoms with van der Waals surface area (Å²) in [5.74, 6) is -3.22. The largest absolute Gasteiger partial charge is 0.497 e. The predicted molar refractivity (Wildman–Crippen MR) is 182 cm³/mol. The molecule has 11 nitrogen and oxygen atoms in total. The minimum atomic E-state index is -1.37. The van der Waals surface area contributed by atoms with Crippen LogP contribution in [-0.4, -0.2) is 89.1 Å². The molecule has 3 heterocycles. The number of halogens is 1. The number of benzene rings is 2. The van der Waals surface area contributed by atoms with Crippen molar-refractivity contribution in [1.29, 1.82) is 0 Å². The van der Waals surface area contributed by atoms with Crippen molar-refractivity contribution in [2.75, 3.05) is 31.7 Å². The Morgan fingerprint density at radius 2 is 1.88 bits per heavy atom. The molecule has 2 bridgehead atoms. The van der Waals surface area contributed by atoms with Gasteiger partial charge in [0.05, 0.1) is 44.2 Å². The molecule has 256 valence electrons. The highest BCUT2D eigenvalue weighted by Crippen LogP contribution is 2.61. The zero-order chi connectivity index (χ0) is 34.6. The van der Waals surface area contributed by atoms with Crippen molar-refractivity contribution in [2.45, 2.75) is 60.9 Å². The third-order valence-corrected chi connectivity index (χ3v) is 10.3. The second-order valence-corrected chi connectivity index (χ2v) is 13.5. The molecule has 12 heteroatoms. The molecule has 3 aliphatic heterocycles. The number of nitrogens with zero attached hydrogens (tertiary/aromatic N) is 2. The van der Waals surface area contributed by atoms with Crippen LogP contribution in [0.4, 0.5) is 5.69 Å². The number of carbonyl (C=O) groups excluding carboxylic acids is 4. The number of likely N-dealkylation sites (tertiary alicyclic amines) is 1. The third-order valence-electron chi connectivity index (χ3n) is 9.42. The van der Waals surface area contributed by atoms with Gasteiger partial charge in [-0.2, -0.15) is 0 Å². The molecule has 3 fully saturated rings. The number of hydrogen-bond acceptors (Lipinski definition) is 8. The number of allylic oxidation sites excluding steroid dienone is 1. The van der Waals surface area contributed by atoms with Gasteiger partial charge in [0, 0.05) is 23.5 Å². The Hall–Kier alpha value is -4.00. The number of ether oxygens (including phenoxy) is 3. The second-order valence-electron chi connectivity index (χ2n) is 12.3. The van der Waals surface area contributed by atoms with E-state index in [1.165, 1.54) is 9.80 Å². The molecule has 3 amide bonds. The number of aliphatic hydroxyl groups excluding tert-OH is 1. The summed E-state index contributed by atoms with van der Waals surface area (Å²) in [7, 11) is 1.55. The number of aliphatic hydroxyl groups is 1. The Morgan fingerprint density at radius 1 is 1.17 bits per heavy atom. The summed E-state index contributed by atoms with van der Waals surface area (Å²) < 4.78 is 18.0. The van der Waals surface area contributed by atoms with E-state index in [0.29, 0.717) is 23.4 Å². The quantitative estimate of drug-likeness (QED) is 0.161. The van der Waals surface area contributed by atoms with E-state index in [9.17, 15) is 24.3 Å². The average molecular weight is 725 g/mol. The van der Waals surface area contributed by atoms with E-state index >= 15 is 0 Å². The van der Waals surface area contributed by atoms with Crippen LogP contribution in [0.25, 0.3) is 0 Å². The first-order chi connectivity index (χ1) is 23.1. The fourth-order valence-corrected chi connectivity index (χ4v) is 8.12. The van der Waals surface area contributed by atoms with Gasteiger partial charge in [-0.05, 0) is 49.6 Å². The van der Waals surface area contributed by atoms with E-state index in [-0.39, 0.29) is 36.7 Å². The van der Waals surface area contributed by atoms with Gasteiger partial charge < -0.3 is 34.4 Å². The van der Waals surface area contributed by atoms with E-state index in [2.05, 4.69) is 34.4 Å². The lowest BCUT2D eigenvalue weighted by molar-refractivity contribution is -0.160. The Labute approximate surface area is 289 Å². The highest BCUT2D eigenvalue weighted by Gasteiger charge is 2.77. The monoisotopic (exact) mass is 723 g/mol. The number of hydrogen-bond donors (Lipinski definition) is 2. The van der Waals surface area contributed by atoms with Gasteiger partial charge in [-0.1, -0.05) is 58.4 Å². The number of anilines is 1. The molecule has 0 radical (unpaired) electrons. The number of fused-ring (bicyclic) bond motifs is 1. The first-order valence-electron chi connectivity index (χ1n) is 16.1. The van der Waals surface area contributed by atoms with Gasteiger partial charge in [-0.25, -0.2) is 0 Å². The molecule has 2 aromatic rings.